The minimum Gasteiger partial charge on any atom is -0.493 e. The third-order valence-electron chi connectivity index (χ3n) is 3.40. The molecule has 0 aliphatic heterocycles. The van der Waals surface area contributed by atoms with Gasteiger partial charge in [-0.1, -0.05) is 6.07 Å². The molecule has 118 valence electrons. The fourth-order valence-corrected chi connectivity index (χ4v) is 2.24. The van der Waals surface area contributed by atoms with Crippen molar-refractivity contribution < 1.29 is 9.47 Å². The van der Waals surface area contributed by atoms with Crippen LogP contribution in [0.1, 0.15) is 5.56 Å². The van der Waals surface area contributed by atoms with Crippen molar-refractivity contribution in [2.75, 3.05) is 20.0 Å². The summed E-state index contributed by atoms with van der Waals surface area (Å²) in [6, 6.07) is 9.41. The van der Waals surface area contributed by atoms with E-state index >= 15 is 0 Å². The molecule has 0 atom stereocenters. The second-order valence-electron chi connectivity index (χ2n) is 4.88. The molecule has 0 saturated carbocycles. The summed E-state index contributed by atoms with van der Waals surface area (Å²) in [5.41, 5.74) is 7.77. The summed E-state index contributed by atoms with van der Waals surface area (Å²) in [6.07, 6.45) is 3.41. The molecule has 2 N–H and O–H groups in total. The highest BCUT2D eigenvalue weighted by Gasteiger charge is 2.11. The zero-order valence-corrected chi connectivity index (χ0v) is 12.9. The Kier molecular flexibility index (Phi) is 4.09. The molecule has 3 rings (SSSR count). The van der Waals surface area contributed by atoms with Gasteiger partial charge in [-0.25, -0.2) is 4.68 Å². The quantitative estimate of drug-likeness (QED) is 0.775. The number of hydrogen-bond acceptors (Lipinski definition) is 6. The number of hydrogen-bond donors (Lipinski definition) is 1. The molecule has 2 heterocycles. The molecule has 7 heteroatoms. The first-order valence-corrected chi connectivity index (χ1v) is 7.03. The Bertz CT molecular complexity index is 801. The van der Waals surface area contributed by atoms with Crippen LogP contribution in [0.15, 0.2) is 42.7 Å². The molecule has 0 aliphatic rings. The van der Waals surface area contributed by atoms with Crippen LogP contribution in [0.3, 0.4) is 0 Å². The van der Waals surface area contributed by atoms with Gasteiger partial charge < -0.3 is 15.2 Å². The summed E-state index contributed by atoms with van der Waals surface area (Å²) in [4.78, 5) is 8.35. The second-order valence-corrected chi connectivity index (χ2v) is 4.88. The molecular weight excluding hydrogens is 294 g/mol. The van der Waals surface area contributed by atoms with Gasteiger partial charge in [0.25, 0.3) is 0 Å². The van der Waals surface area contributed by atoms with Crippen molar-refractivity contribution in [3.63, 3.8) is 0 Å². The monoisotopic (exact) mass is 311 g/mol. The lowest BCUT2D eigenvalue weighted by Gasteiger charge is -2.09. The molecular formula is C16H17N5O2. The van der Waals surface area contributed by atoms with Gasteiger partial charge in [0.2, 0.25) is 5.95 Å². The van der Waals surface area contributed by atoms with Crippen LogP contribution in [0.2, 0.25) is 0 Å². The van der Waals surface area contributed by atoms with Gasteiger partial charge in [0.05, 0.1) is 20.8 Å². The number of pyridine rings is 1. The standard InChI is InChI=1S/C16H17N5O2/c1-22-13-6-5-11(8-14(13)23-2)10-21-16(17)19-15(20-21)12-4-3-7-18-9-12/h3-9H,10H2,1-2H3,(H2,17,19,20). The average molecular weight is 311 g/mol. The Morgan fingerprint density at radius 1 is 1.13 bits per heavy atom. The molecule has 0 fully saturated rings. The van der Waals surface area contributed by atoms with Crippen LogP contribution in [0.5, 0.6) is 11.5 Å². The van der Waals surface area contributed by atoms with E-state index in [0.717, 1.165) is 11.1 Å². The number of nitrogens with two attached hydrogens (primary N) is 1. The van der Waals surface area contributed by atoms with Crippen LogP contribution in [0.25, 0.3) is 11.4 Å². The number of aromatic nitrogens is 4. The maximum absolute atomic E-state index is 5.97. The van der Waals surface area contributed by atoms with Gasteiger partial charge in [0, 0.05) is 18.0 Å². The van der Waals surface area contributed by atoms with Crippen LogP contribution in [0, 0.1) is 0 Å². The van der Waals surface area contributed by atoms with Crippen LogP contribution in [-0.2, 0) is 6.54 Å². The van der Waals surface area contributed by atoms with E-state index in [4.69, 9.17) is 15.2 Å². The van der Waals surface area contributed by atoms with E-state index in [1.807, 2.05) is 30.3 Å². The van der Waals surface area contributed by atoms with E-state index in [2.05, 4.69) is 15.1 Å². The highest BCUT2D eigenvalue weighted by atomic mass is 16.5. The lowest BCUT2D eigenvalue weighted by molar-refractivity contribution is 0.354. The molecule has 0 spiro atoms. The van der Waals surface area contributed by atoms with Crippen molar-refractivity contribution in [1.82, 2.24) is 19.7 Å². The van der Waals surface area contributed by atoms with Crippen molar-refractivity contribution in [3.8, 4) is 22.9 Å². The Labute approximate surface area is 133 Å². The SMILES string of the molecule is COc1ccc(Cn2nc(-c3cccnc3)nc2N)cc1OC. The van der Waals surface area contributed by atoms with Crippen molar-refractivity contribution in [3.05, 3.63) is 48.3 Å². The van der Waals surface area contributed by atoms with E-state index in [1.54, 1.807) is 31.3 Å². The predicted molar refractivity (Wildman–Crippen MR) is 86.3 cm³/mol. The number of nitrogens with zero attached hydrogens (tertiary/aromatic N) is 4. The number of ether oxygens (including phenoxy) is 2. The Morgan fingerprint density at radius 2 is 1.96 bits per heavy atom. The van der Waals surface area contributed by atoms with Crippen molar-refractivity contribution in [2.45, 2.75) is 6.54 Å². The maximum atomic E-state index is 5.97. The molecule has 0 amide bonds. The van der Waals surface area contributed by atoms with Crippen LogP contribution < -0.4 is 15.2 Å². The van der Waals surface area contributed by atoms with Gasteiger partial charge in [-0.3, -0.25) is 4.98 Å². The molecule has 3 aromatic rings. The van der Waals surface area contributed by atoms with Crippen molar-refractivity contribution in [1.29, 1.82) is 0 Å². The van der Waals surface area contributed by atoms with Crippen molar-refractivity contribution >= 4 is 5.95 Å². The third-order valence-corrected chi connectivity index (χ3v) is 3.40. The summed E-state index contributed by atoms with van der Waals surface area (Å²) in [6.45, 7) is 0.486. The topological polar surface area (TPSA) is 88.1 Å². The number of rotatable bonds is 5. The fraction of sp³-hybridized carbons (Fsp3) is 0.188. The number of benzene rings is 1. The lowest BCUT2D eigenvalue weighted by atomic mass is 10.2. The first kappa shape index (κ1) is 14.8. The van der Waals surface area contributed by atoms with Gasteiger partial charge in [0.15, 0.2) is 17.3 Å². The highest BCUT2D eigenvalue weighted by molar-refractivity contribution is 5.54. The van der Waals surface area contributed by atoms with E-state index in [1.165, 1.54) is 0 Å². The van der Waals surface area contributed by atoms with Crippen LogP contribution in [-0.4, -0.2) is 34.0 Å². The smallest absolute Gasteiger partial charge is 0.219 e. The molecule has 0 unspecified atom stereocenters. The van der Waals surface area contributed by atoms with Crippen LogP contribution in [0.4, 0.5) is 5.95 Å². The zero-order valence-electron chi connectivity index (χ0n) is 12.9. The Hall–Kier alpha value is -3.09. The van der Waals surface area contributed by atoms with Gasteiger partial charge >= 0.3 is 0 Å². The summed E-state index contributed by atoms with van der Waals surface area (Å²) in [5, 5.41) is 4.44. The Balaban J connectivity index is 1.88. The summed E-state index contributed by atoms with van der Waals surface area (Å²) >= 11 is 0. The second kappa shape index (κ2) is 6.35. The van der Waals surface area contributed by atoms with E-state index in [9.17, 15) is 0 Å². The minimum atomic E-state index is 0.346. The van der Waals surface area contributed by atoms with E-state index < -0.39 is 0 Å². The number of anilines is 1. The molecule has 2 aromatic heterocycles. The summed E-state index contributed by atoms with van der Waals surface area (Å²) < 4.78 is 12.2. The highest BCUT2D eigenvalue weighted by Crippen LogP contribution is 2.28. The summed E-state index contributed by atoms with van der Waals surface area (Å²) in [7, 11) is 3.21. The molecule has 0 bridgehead atoms. The number of nitrogen functional groups attached to an aromatic ring is 1. The fourth-order valence-electron chi connectivity index (χ4n) is 2.24. The normalized spacial score (nSPS) is 10.5. The van der Waals surface area contributed by atoms with E-state index in [-0.39, 0.29) is 0 Å². The van der Waals surface area contributed by atoms with Gasteiger partial charge in [-0.15, -0.1) is 5.10 Å². The zero-order chi connectivity index (χ0) is 16.2. The van der Waals surface area contributed by atoms with Gasteiger partial charge in [0.1, 0.15) is 0 Å². The minimum absolute atomic E-state index is 0.346. The molecule has 0 saturated heterocycles. The third kappa shape index (κ3) is 3.08. The summed E-state index contributed by atoms with van der Waals surface area (Å²) in [5.74, 6) is 2.24. The lowest BCUT2D eigenvalue weighted by Crippen LogP contribution is -2.06. The molecule has 23 heavy (non-hydrogen) atoms. The molecule has 0 radical (unpaired) electrons. The van der Waals surface area contributed by atoms with E-state index in [0.29, 0.717) is 29.8 Å². The number of methoxy groups -OCH3 is 2. The van der Waals surface area contributed by atoms with Crippen molar-refractivity contribution in [2.24, 2.45) is 0 Å². The molecule has 7 nitrogen and oxygen atoms in total. The Morgan fingerprint density at radius 3 is 2.65 bits per heavy atom. The maximum Gasteiger partial charge on any atom is 0.219 e. The first-order chi connectivity index (χ1) is 11.2. The molecule has 1 aromatic carbocycles. The van der Waals surface area contributed by atoms with Gasteiger partial charge in [-0.05, 0) is 29.8 Å². The molecule has 0 aliphatic carbocycles. The van der Waals surface area contributed by atoms with Crippen LogP contribution >= 0.6 is 0 Å². The first-order valence-electron chi connectivity index (χ1n) is 7.03. The predicted octanol–water partition coefficient (Wildman–Crippen LogP) is 1.99. The average Bonchev–Trinajstić information content (AvgIpc) is 2.96. The van der Waals surface area contributed by atoms with Gasteiger partial charge in [-0.2, -0.15) is 4.98 Å². The largest absolute Gasteiger partial charge is 0.493 e.